The number of carbonyl (C=O) groups is 3. The van der Waals surface area contributed by atoms with Gasteiger partial charge in [-0.2, -0.15) is 0 Å². The van der Waals surface area contributed by atoms with Gasteiger partial charge < -0.3 is 5.11 Å². The Balaban J connectivity index is 1.61. The molecule has 4 atom stereocenters. The molecule has 1 saturated carbocycles. The van der Waals surface area contributed by atoms with Gasteiger partial charge in [0.1, 0.15) is 0 Å². The average molecular weight is 342 g/mol. The molecule has 2 aliphatic carbocycles. The van der Waals surface area contributed by atoms with Gasteiger partial charge in [0.15, 0.2) is 0 Å². The van der Waals surface area contributed by atoms with Gasteiger partial charge in [-0.15, -0.1) is 0 Å². The van der Waals surface area contributed by atoms with Crippen LogP contribution in [0.4, 0.5) is 0 Å². The van der Waals surface area contributed by atoms with Gasteiger partial charge in [0, 0.05) is 5.56 Å². The number of nitrogens with one attached hydrogen (secondary N) is 2. The smallest absolute Gasteiger partial charge is 0.307 e. The second-order valence-electron chi connectivity index (χ2n) is 7.06. The molecule has 2 aliphatic rings. The van der Waals surface area contributed by atoms with Crippen LogP contribution in [-0.4, -0.2) is 22.9 Å². The summed E-state index contributed by atoms with van der Waals surface area (Å²) >= 11 is 0. The summed E-state index contributed by atoms with van der Waals surface area (Å²) in [6.07, 6.45) is 4.46. The van der Waals surface area contributed by atoms with E-state index >= 15 is 0 Å². The Morgan fingerprint density at radius 2 is 1.60 bits per heavy atom. The van der Waals surface area contributed by atoms with Crippen LogP contribution < -0.4 is 10.9 Å². The van der Waals surface area contributed by atoms with Crippen molar-refractivity contribution in [2.75, 3.05) is 0 Å². The van der Waals surface area contributed by atoms with Crippen molar-refractivity contribution in [1.29, 1.82) is 0 Å². The van der Waals surface area contributed by atoms with Crippen LogP contribution in [0.5, 0.6) is 0 Å². The van der Waals surface area contributed by atoms with Gasteiger partial charge in [-0.25, -0.2) is 0 Å². The molecule has 0 unspecified atom stereocenters. The Kier molecular flexibility index (Phi) is 4.61. The summed E-state index contributed by atoms with van der Waals surface area (Å²) < 4.78 is 0. The van der Waals surface area contributed by atoms with E-state index in [-0.39, 0.29) is 11.8 Å². The van der Waals surface area contributed by atoms with Crippen molar-refractivity contribution in [3.8, 4) is 0 Å². The molecule has 3 rings (SSSR count). The molecule has 0 saturated heterocycles. The van der Waals surface area contributed by atoms with Crippen molar-refractivity contribution < 1.29 is 19.5 Å². The van der Waals surface area contributed by atoms with Crippen molar-refractivity contribution in [1.82, 2.24) is 10.9 Å². The van der Waals surface area contributed by atoms with Crippen LogP contribution in [0.3, 0.4) is 0 Å². The summed E-state index contributed by atoms with van der Waals surface area (Å²) in [5.74, 6) is -3.01. The van der Waals surface area contributed by atoms with Crippen LogP contribution in [0.1, 0.15) is 42.1 Å². The molecule has 2 bridgehead atoms. The van der Waals surface area contributed by atoms with Gasteiger partial charge in [0.05, 0.1) is 11.8 Å². The highest BCUT2D eigenvalue weighted by molar-refractivity contribution is 5.96. The van der Waals surface area contributed by atoms with Crippen LogP contribution in [-0.2, 0) is 9.59 Å². The normalized spacial score (nSPS) is 26.7. The van der Waals surface area contributed by atoms with Gasteiger partial charge in [-0.3, -0.25) is 25.2 Å². The van der Waals surface area contributed by atoms with Crippen LogP contribution in [0.2, 0.25) is 0 Å². The van der Waals surface area contributed by atoms with E-state index in [1.54, 1.807) is 12.1 Å². The molecular formula is C19H22N2O4. The predicted octanol–water partition coefficient (Wildman–Crippen LogP) is 2.09. The van der Waals surface area contributed by atoms with E-state index < -0.39 is 29.6 Å². The highest BCUT2D eigenvalue weighted by Crippen LogP contribution is 2.48. The molecule has 1 aromatic rings. The molecule has 0 radical (unpaired) electrons. The molecule has 3 N–H and O–H groups in total. The molecule has 132 valence electrons. The van der Waals surface area contributed by atoms with Gasteiger partial charge >= 0.3 is 5.97 Å². The zero-order valence-corrected chi connectivity index (χ0v) is 14.2. The van der Waals surface area contributed by atoms with E-state index in [0.717, 1.165) is 5.56 Å². The second-order valence-corrected chi connectivity index (χ2v) is 7.06. The minimum Gasteiger partial charge on any atom is -0.481 e. The van der Waals surface area contributed by atoms with Crippen molar-refractivity contribution in [3.63, 3.8) is 0 Å². The van der Waals surface area contributed by atoms with Crippen molar-refractivity contribution in [3.05, 3.63) is 47.5 Å². The van der Waals surface area contributed by atoms with E-state index in [9.17, 15) is 19.5 Å². The fourth-order valence-electron chi connectivity index (χ4n) is 3.81. The zero-order valence-electron chi connectivity index (χ0n) is 14.2. The first-order chi connectivity index (χ1) is 11.9. The Bertz CT molecular complexity index is 723. The highest BCUT2D eigenvalue weighted by atomic mass is 16.4. The average Bonchev–Trinajstić information content (AvgIpc) is 3.20. The molecule has 0 aliphatic heterocycles. The number of amides is 2. The molecule has 6 nitrogen and oxygen atoms in total. The standard InChI is InChI=1S/C19H22N2O4/c1-10(2)11-3-5-12(6-4-11)17(22)20-21-18(23)15-13-7-8-14(9-13)16(15)19(24)25/h3-8,10,13-16H,9H2,1-2H3,(H,20,22)(H,21,23)(H,24,25)/t13-,14-,15+,16-/m0/s1. The van der Waals surface area contributed by atoms with E-state index in [0.29, 0.717) is 17.9 Å². The number of carbonyl (C=O) groups excluding carboxylic acids is 2. The number of allylic oxidation sites excluding steroid dienone is 2. The maximum absolute atomic E-state index is 12.4. The summed E-state index contributed by atoms with van der Waals surface area (Å²) in [5, 5.41) is 9.38. The summed E-state index contributed by atoms with van der Waals surface area (Å²) in [5.41, 5.74) is 6.34. The minimum atomic E-state index is -0.965. The van der Waals surface area contributed by atoms with Crippen LogP contribution in [0.25, 0.3) is 0 Å². The molecule has 0 aromatic heterocycles. The molecule has 6 heteroatoms. The molecule has 25 heavy (non-hydrogen) atoms. The van der Waals surface area contributed by atoms with Crippen molar-refractivity contribution in [2.24, 2.45) is 23.7 Å². The first kappa shape index (κ1) is 17.2. The molecule has 2 amide bonds. The lowest BCUT2D eigenvalue weighted by molar-refractivity contribution is -0.148. The van der Waals surface area contributed by atoms with Crippen molar-refractivity contribution in [2.45, 2.75) is 26.2 Å². The predicted molar refractivity (Wildman–Crippen MR) is 91.5 cm³/mol. The third-order valence-electron chi connectivity index (χ3n) is 5.19. The largest absolute Gasteiger partial charge is 0.481 e. The van der Waals surface area contributed by atoms with E-state index in [2.05, 4.69) is 24.7 Å². The number of aliphatic carboxylic acids is 1. The summed E-state index contributed by atoms with van der Waals surface area (Å²) in [7, 11) is 0. The maximum atomic E-state index is 12.4. The lowest BCUT2D eigenvalue weighted by atomic mass is 9.82. The fraction of sp³-hybridized carbons (Fsp3) is 0.421. The quantitative estimate of drug-likeness (QED) is 0.577. The summed E-state index contributed by atoms with van der Waals surface area (Å²) in [6.45, 7) is 4.13. The maximum Gasteiger partial charge on any atom is 0.307 e. The first-order valence-corrected chi connectivity index (χ1v) is 8.49. The minimum absolute atomic E-state index is 0.0756. The zero-order chi connectivity index (χ0) is 18.1. The highest BCUT2D eigenvalue weighted by Gasteiger charge is 2.51. The SMILES string of the molecule is CC(C)c1ccc(C(=O)NNC(=O)[C@H]2[C@@H](C(=O)O)[C@H]3C=C[C@H]2C3)cc1. The Morgan fingerprint density at radius 3 is 2.16 bits per heavy atom. The van der Waals surface area contributed by atoms with Gasteiger partial charge in [-0.05, 0) is 41.9 Å². The van der Waals surface area contributed by atoms with Crippen LogP contribution >= 0.6 is 0 Å². The van der Waals surface area contributed by atoms with E-state index in [1.807, 2.05) is 24.3 Å². The Morgan fingerprint density at radius 1 is 1.00 bits per heavy atom. The van der Waals surface area contributed by atoms with Gasteiger partial charge in [0.25, 0.3) is 5.91 Å². The topological polar surface area (TPSA) is 95.5 Å². The number of hydrogen-bond donors (Lipinski definition) is 3. The third kappa shape index (κ3) is 3.29. The summed E-state index contributed by atoms with van der Waals surface area (Å²) in [4.78, 5) is 36.0. The van der Waals surface area contributed by atoms with Crippen molar-refractivity contribution >= 4 is 17.8 Å². The molecular weight excluding hydrogens is 320 g/mol. The second kappa shape index (κ2) is 6.70. The van der Waals surface area contributed by atoms with E-state index in [4.69, 9.17) is 0 Å². The number of hydrogen-bond acceptors (Lipinski definition) is 3. The monoisotopic (exact) mass is 342 g/mol. The molecule has 0 heterocycles. The fourth-order valence-corrected chi connectivity index (χ4v) is 3.81. The van der Waals surface area contributed by atoms with Gasteiger partial charge in [-0.1, -0.05) is 38.1 Å². The van der Waals surface area contributed by atoms with Crippen LogP contribution in [0, 0.1) is 23.7 Å². The number of carboxylic acid groups (broad SMARTS) is 1. The first-order valence-electron chi connectivity index (χ1n) is 8.49. The van der Waals surface area contributed by atoms with Crippen LogP contribution in [0.15, 0.2) is 36.4 Å². The molecule has 0 spiro atoms. The molecule has 1 aromatic carbocycles. The lowest BCUT2D eigenvalue weighted by Gasteiger charge is -2.23. The van der Waals surface area contributed by atoms with E-state index in [1.165, 1.54) is 0 Å². The summed E-state index contributed by atoms with van der Waals surface area (Å²) in [6, 6.07) is 7.17. The number of rotatable bonds is 4. The Labute approximate surface area is 146 Å². The third-order valence-corrected chi connectivity index (χ3v) is 5.19. The lowest BCUT2D eigenvalue weighted by Crippen LogP contribution is -2.48. The van der Waals surface area contributed by atoms with Gasteiger partial charge in [0.2, 0.25) is 5.91 Å². The Hall–Kier alpha value is -2.63. The number of hydrazine groups is 1. The number of carboxylic acids is 1. The number of benzene rings is 1. The number of fused-ring (bicyclic) bond motifs is 2. The molecule has 1 fully saturated rings.